The van der Waals surface area contributed by atoms with Crippen molar-refractivity contribution in [2.45, 2.75) is 38.3 Å². The van der Waals surface area contributed by atoms with Crippen molar-refractivity contribution in [3.05, 3.63) is 0 Å². The number of rotatable bonds is 9. The van der Waals surface area contributed by atoms with E-state index in [0.717, 1.165) is 6.54 Å². The van der Waals surface area contributed by atoms with Gasteiger partial charge in [-0.15, -0.1) is 0 Å². The minimum Gasteiger partial charge on any atom is -0.383 e. The van der Waals surface area contributed by atoms with Crippen molar-refractivity contribution in [1.82, 2.24) is 10.0 Å². The van der Waals surface area contributed by atoms with Crippen LogP contribution in [0.4, 0.5) is 0 Å². The van der Waals surface area contributed by atoms with Gasteiger partial charge in [-0.3, -0.25) is 0 Å². The summed E-state index contributed by atoms with van der Waals surface area (Å²) < 4.78 is 30.6. The number of hydrogen-bond donors (Lipinski definition) is 2. The molecular weight excluding hydrogens is 228 g/mol. The molecule has 0 spiro atoms. The molecule has 0 amide bonds. The lowest BCUT2D eigenvalue weighted by Gasteiger charge is -2.13. The van der Waals surface area contributed by atoms with Crippen molar-refractivity contribution >= 4 is 10.0 Å². The van der Waals surface area contributed by atoms with Gasteiger partial charge >= 0.3 is 0 Å². The molecule has 1 fully saturated rings. The number of ether oxygens (including phenoxy) is 1. The fourth-order valence-electron chi connectivity index (χ4n) is 1.51. The van der Waals surface area contributed by atoms with Crippen LogP contribution >= 0.6 is 0 Å². The molecule has 0 aromatic heterocycles. The first-order valence-electron chi connectivity index (χ1n) is 5.76. The monoisotopic (exact) mass is 250 g/mol. The highest BCUT2D eigenvalue weighted by atomic mass is 32.2. The maximum atomic E-state index is 11.6. The Kier molecular flexibility index (Phi) is 5.68. The van der Waals surface area contributed by atoms with Gasteiger partial charge in [-0.05, 0) is 32.7 Å². The Morgan fingerprint density at radius 1 is 1.44 bits per heavy atom. The molecule has 16 heavy (non-hydrogen) atoms. The van der Waals surface area contributed by atoms with Crippen LogP contribution < -0.4 is 10.0 Å². The highest BCUT2D eigenvalue weighted by Gasteiger charge is 2.20. The van der Waals surface area contributed by atoms with Gasteiger partial charge < -0.3 is 10.1 Å². The second-order valence-electron chi connectivity index (χ2n) is 4.38. The van der Waals surface area contributed by atoms with Crippen molar-refractivity contribution in [3.63, 3.8) is 0 Å². The van der Waals surface area contributed by atoms with Crippen LogP contribution in [0.15, 0.2) is 0 Å². The van der Waals surface area contributed by atoms with Gasteiger partial charge in [0.25, 0.3) is 0 Å². The number of sulfonamides is 1. The minimum absolute atomic E-state index is 0.161. The van der Waals surface area contributed by atoms with Gasteiger partial charge in [0.15, 0.2) is 0 Å². The maximum absolute atomic E-state index is 11.6. The lowest BCUT2D eigenvalue weighted by atomic mass is 10.4. The van der Waals surface area contributed by atoms with E-state index in [0.29, 0.717) is 19.1 Å². The number of nitrogens with one attached hydrogen (secondary N) is 2. The molecule has 1 saturated carbocycles. The third kappa shape index (κ3) is 6.42. The molecule has 1 atom stereocenters. The first-order chi connectivity index (χ1) is 7.53. The van der Waals surface area contributed by atoms with Crippen LogP contribution in [0.1, 0.15) is 26.2 Å². The SMILES string of the molecule is COCC(C)NS(=O)(=O)CCCNC1CC1. The third-order valence-electron chi connectivity index (χ3n) is 2.40. The Bertz CT molecular complexity index is 288. The van der Waals surface area contributed by atoms with Gasteiger partial charge in [0.05, 0.1) is 12.4 Å². The summed E-state index contributed by atoms with van der Waals surface area (Å²) in [5, 5.41) is 3.29. The molecular formula is C10H22N2O3S. The molecule has 1 aliphatic rings. The lowest BCUT2D eigenvalue weighted by molar-refractivity contribution is 0.180. The zero-order valence-electron chi connectivity index (χ0n) is 10.0. The summed E-state index contributed by atoms with van der Waals surface area (Å²) >= 11 is 0. The van der Waals surface area contributed by atoms with Crippen LogP contribution in [-0.2, 0) is 14.8 Å². The van der Waals surface area contributed by atoms with Gasteiger partial charge in [-0.1, -0.05) is 0 Å². The molecule has 0 saturated heterocycles. The summed E-state index contributed by atoms with van der Waals surface area (Å²) in [6.07, 6.45) is 3.12. The van der Waals surface area contributed by atoms with Gasteiger partial charge in [-0.25, -0.2) is 13.1 Å². The van der Waals surface area contributed by atoms with Crippen molar-refractivity contribution in [1.29, 1.82) is 0 Å². The standard InChI is InChI=1S/C10H22N2O3S/c1-9(8-15-2)12-16(13,14)7-3-6-11-10-4-5-10/h9-12H,3-8H2,1-2H3. The summed E-state index contributed by atoms with van der Waals surface area (Å²) in [4.78, 5) is 0. The summed E-state index contributed by atoms with van der Waals surface area (Å²) in [6, 6.07) is 0.481. The summed E-state index contributed by atoms with van der Waals surface area (Å²) in [5.74, 6) is 0.181. The average molecular weight is 250 g/mol. The predicted molar refractivity (Wildman–Crippen MR) is 63.9 cm³/mol. The molecule has 1 unspecified atom stereocenters. The van der Waals surface area contributed by atoms with Crippen LogP contribution in [0.3, 0.4) is 0 Å². The van der Waals surface area contributed by atoms with Crippen LogP contribution in [0.25, 0.3) is 0 Å². The van der Waals surface area contributed by atoms with Gasteiger partial charge in [0.1, 0.15) is 0 Å². The normalized spacial score (nSPS) is 18.6. The van der Waals surface area contributed by atoms with Crippen molar-refractivity contribution in [2.24, 2.45) is 0 Å². The van der Waals surface area contributed by atoms with Gasteiger partial charge in [0.2, 0.25) is 10.0 Å². The van der Waals surface area contributed by atoms with Crippen LogP contribution in [0.5, 0.6) is 0 Å². The third-order valence-corrected chi connectivity index (χ3v) is 3.99. The van der Waals surface area contributed by atoms with Crippen LogP contribution in [0.2, 0.25) is 0 Å². The molecule has 0 bridgehead atoms. The second kappa shape index (κ2) is 6.54. The average Bonchev–Trinajstić information content (AvgIpc) is 2.95. The quantitative estimate of drug-likeness (QED) is 0.569. The topological polar surface area (TPSA) is 67.4 Å². The Labute approximate surface area is 98.0 Å². The molecule has 6 heteroatoms. The zero-order valence-corrected chi connectivity index (χ0v) is 10.8. The highest BCUT2D eigenvalue weighted by Crippen LogP contribution is 2.18. The molecule has 2 N–H and O–H groups in total. The van der Waals surface area contributed by atoms with Crippen LogP contribution in [0, 0.1) is 0 Å². The Morgan fingerprint density at radius 3 is 2.69 bits per heavy atom. The highest BCUT2D eigenvalue weighted by molar-refractivity contribution is 7.89. The van der Waals surface area contributed by atoms with Crippen molar-refractivity contribution in [2.75, 3.05) is 26.0 Å². The van der Waals surface area contributed by atoms with E-state index in [1.54, 1.807) is 14.0 Å². The molecule has 5 nitrogen and oxygen atoms in total. The van der Waals surface area contributed by atoms with E-state index in [1.165, 1.54) is 12.8 Å². The van der Waals surface area contributed by atoms with E-state index in [1.807, 2.05) is 0 Å². The van der Waals surface area contributed by atoms with E-state index < -0.39 is 10.0 Å². The molecule has 1 aliphatic carbocycles. The number of hydrogen-bond acceptors (Lipinski definition) is 4. The molecule has 1 rings (SSSR count). The smallest absolute Gasteiger partial charge is 0.211 e. The van der Waals surface area contributed by atoms with Gasteiger partial charge in [0, 0.05) is 19.2 Å². The van der Waals surface area contributed by atoms with Crippen molar-refractivity contribution in [3.8, 4) is 0 Å². The zero-order chi connectivity index (χ0) is 12.0. The first kappa shape index (κ1) is 13.9. The Hall–Kier alpha value is -0.170. The molecule has 0 aromatic carbocycles. The Morgan fingerprint density at radius 2 is 2.12 bits per heavy atom. The lowest BCUT2D eigenvalue weighted by Crippen LogP contribution is -2.37. The fourth-order valence-corrected chi connectivity index (χ4v) is 2.83. The molecule has 96 valence electrons. The number of methoxy groups -OCH3 is 1. The second-order valence-corrected chi connectivity index (χ2v) is 6.25. The Balaban J connectivity index is 2.11. The van der Waals surface area contributed by atoms with Crippen LogP contribution in [-0.4, -0.2) is 46.5 Å². The minimum atomic E-state index is -3.15. The molecule has 0 aromatic rings. The van der Waals surface area contributed by atoms with E-state index in [2.05, 4.69) is 10.0 Å². The molecule has 0 radical (unpaired) electrons. The summed E-state index contributed by atoms with van der Waals surface area (Å²) in [5.41, 5.74) is 0. The summed E-state index contributed by atoms with van der Waals surface area (Å²) in [7, 11) is -1.59. The fraction of sp³-hybridized carbons (Fsp3) is 1.00. The van der Waals surface area contributed by atoms with E-state index in [9.17, 15) is 8.42 Å². The maximum Gasteiger partial charge on any atom is 0.211 e. The molecule has 0 aliphatic heterocycles. The predicted octanol–water partition coefficient (Wildman–Crippen LogP) is 0.0828. The molecule has 0 heterocycles. The first-order valence-corrected chi connectivity index (χ1v) is 7.41. The van der Waals surface area contributed by atoms with Gasteiger partial charge in [-0.2, -0.15) is 0 Å². The van der Waals surface area contributed by atoms with Crippen molar-refractivity contribution < 1.29 is 13.2 Å². The largest absolute Gasteiger partial charge is 0.383 e. The van der Waals surface area contributed by atoms with E-state index in [4.69, 9.17) is 4.74 Å². The van der Waals surface area contributed by atoms with E-state index in [-0.39, 0.29) is 11.8 Å². The van der Waals surface area contributed by atoms with E-state index >= 15 is 0 Å². The summed E-state index contributed by atoms with van der Waals surface area (Å²) in [6.45, 7) is 2.98.